The quantitative estimate of drug-likeness (QED) is 0.340. The summed E-state index contributed by atoms with van der Waals surface area (Å²) in [5.74, 6) is -0.0775. The molecule has 0 atom stereocenters. The number of benzene rings is 3. The molecule has 1 heterocycles. The number of hydrogen-bond acceptors (Lipinski definition) is 7. The first-order valence-electron chi connectivity index (χ1n) is 10.7. The maximum absolute atomic E-state index is 13.5. The zero-order chi connectivity index (χ0) is 25.0. The van der Waals surface area contributed by atoms with Gasteiger partial charge in [-0.05, 0) is 48.9 Å². The van der Waals surface area contributed by atoms with Crippen LogP contribution in [0.2, 0.25) is 0 Å². The van der Waals surface area contributed by atoms with Gasteiger partial charge in [-0.2, -0.15) is 5.10 Å². The van der Waals surface area contributed by atoms with E-state index in [1.54, 1.807) is 54.6 Å². The summed E-state index contributed by atoms with van der Waals surface area (Å²) in [6.07, 6.45) is 0. The summed E-state index contributed by atoms with van der Waals surface area (Å²) in [5, 5.41) is 10.1. The number of aromatic nitrogens is 2. The predicted octanol–water partition coefficient (Wildman–Crippen LogP) is 4.00. The molecule has 0 saturated carbocycles. The summed E-state index contributed by atoms with van der Waals surface area (Å²) in [5.41, 5.74) is 8.33. The first-order chi connectivity index (χ1) is 16.8. The van der Waals surface area contributed by atoms with E-state index in [-0.39, 0.29) is 28.0 Å². The van der Waals surface area contributed by atoms with Crippen LogP contribution in [0.4, 0.5) is 23.0 Å². The molecule has 35 heavy (non-hydrogen) atoms. The van der Waals surface area contributed by atoms with Gasteiger partial charge in [-0.15, -0.1) is 0 Å². The highest BCUT2D eigenvalue weighted by Crippen LogP contribution is 2.34. The number of anilines is 4. The molecule has 180 valence electrons. The van der Waals surface area contributed by atoms with Gasteiger partial charge in [0, 0.05) is 5.69 Å². The van der Waals surface area contributed by atoms with Crippen molar-refractivity contribution in [2.45, 2.75) is 23.3 Å². The fraction of sp³-hybridized carbons (Fsp3) is 0.120. The number of nitrogens with zero attached hydrogens (tertiary/aromatic N) is 2. The Balaban J connectivity index is 1.71. The van der Waals surface area contributed by atoms with Crippen LogP contribution in [0.25, 0.3) is 0 Å². The number of carbonyl (C=O) groups excluding carboxylic acids is 1. The molecule has 0 spiro atoms. The molecule has 0 fully saturated rings. The molecular formula is C25H25N5O4S. The molecule has 4 aromatic rings. The molecule has 1 aromatic heterocycles. The molecule has 0 bridgehead atoms. The van der Waals surface area contributed by atoms with Gasteiger partial charge in [0.15, 0.2) is 10.7 Å². The second kappa shape index (κ2) is 9.90. The third kappa shape index (κ3) is 5.12. The summed E-state index contributed by atoms with van der Waals surface area (Å²) >= 11 is 0. The Bertz CT molecular complexity index is 1450. The summed E-state index contributed by atoms with van der Waals surface area (Å²) in [4.78, 5) is 12.7. The zero-order valence-corrected chi connectivity index (χ0v) is 20.0. The van der Waals surface area contributed by atoms with Gasteiger partial charge in [0.05, 0.1) is 17.7 Å². The number of para-hydroxylation sites is 1. The number of sulfone groups is 1. The lowest BCUT2D eigenvalue weighted by atomic mass is 10.2. The Morgan fingerprint density at radius 3 is 2.34 bits per heavy atom. The minimum Gasteiger partial charge on any atom is -0.495 e. The van der Waals surface area contributed by atoms with Crippen LogP contribution < -0.4 is 21.1 Å². The Hall–Kier alpha value is -4.31. The van der Waals surface area contributed by atoms with Crippen LogP contribution in [0.15, 0.2) is 88.7 Å². The van der Waals surface area contributed by atoms with Crippen LogP contribution in [-0.2, 0) is 21.2 Å². The smallest absolute Gasteiger partial charge is 0.246 e. The molecule has 0 radical (unpaired) electrons. The fourth-order valence-electron chi connectivity index (χ4n) is 3.55. The standard InChI is InChI=1S/C25H25N5O4S/c1-17-13-14-21(34-2)20(15-17)28-22(31)16-30-24(26)23(35(32,33)19-11-7-4-8-12-19)25(29-30)27-18-9-5-3-6-10-18/h3-15H,16,26H2,1-2H3,(H,27,29)(H,28,31). The van der Waals surface area contributed by atoms with Crippen molar-refractivity contribution in [1.29, 1.82) is 0 Å². The number of carbonyl (C=O) groups is 1. The summed E-state index contributed by atoms with van der Waals surface area (Å²) in [7, 11) is -2.53. The van der Waals surface area contributed by atoms with Gasteiger partial charge in [0.2, 0.25) is 15.7 Å². The summed E-state index contributed by atoms with van der Waals surface area (Å²) in [6.45, 7) is 1.58. The number of ether oxygens (including phenoxy) is 1. The summed E-state index contributed by atoms with van der Waals surface area (Å²) in [6, 6.07) is 22.3. The third-order valence-electron chi connectivity index (χ3n) is 5.23. The van der Waals surface area contributed by atoms with E-state index >= 15 is 0 Å². The highest BCUT2D eigenvalue weighted by molar-refractivity contribution is 7.91. The topological polar surface area (TPSA) is 128 Å². The number of nitrogen functional groups attached to an aromatic ring is 1. The summed E-state index contributed by atoms with van der Waals surface area (Å²) < 4.78 is 33.4. The van der Waals surface area contributed by atoms with Crippen molar-refractivity contribution < 1.29 is 17.9 Å². The van der Waals surface area contributed by atoms with Crippen molar-refractivity contribution >= 4 is 38.8 Å². The molecule has 10 heteroatoms. The maximum Gasteiger partial charge on any atom is 0.246 e. The molecule has 3 aromatic carbocycles. The Morgan fingerprint density at radius 2 is 1.69 bits per heavy atom. The second-order valence-electron chi connectivity index (χ2n) is 7.78. The van der Waals surface area contributed by atoms with E-state index in [4.69, 9.17) is 10.5 Å². The number of amides is 1. The fourth-order valence-corrected chi connectivity index (χ4v) is 5.02. The molecule has 4 rings (SSSR count). The van der Waals surface area contributed by atoms with E-state index in [9.17, 15) is 13.2 Å². The largest absolute Gasteiger partial charge is 0.495 e. The van der Waals surface area contributed by atoms with Gasteiger partial charge < -0.3 is 21.1 Å². The Morgan fingerprint density at radius 1 is 1.03 bits per heavy atom. The maximum atomic E-state index is 13.5. The van der Waals surface area contributed by atoms with Crippen LogP contribution in [0.3, 0.4) is 0 Å². The SMILES string of the molecule is COc1ccc(C)cc1NC(=O)Cn1nc(Nc2ccccc2)c(S(=O)(=O)c2ccccc2)c1N. The van der Waals surface area contributed by atoms with Crippen molar-refractivity contribution in [3.63, 3.8) is 0 Å². The number of aryl methyl sites for hydroxylation is 1. The minimum atomic E-state index is -4.03. The van der Waals surface area contributed by atoms with Crippen molar-refractivity contribution in [3.8, 4) is 5.75 Å². The van der Waals surface area contributed by atoms with E-state index < -0.39 is 15.7 Å². The third-order valence-corrected chi connectivity index (χ3v) is 7.06. The molecule has 0 aliphatic carbocycles. The lowest BCUT2D eigenvalue weighted by Gasteiger charge is -2.11. The number of nitrogens with one attached hydrogen (secondary N) is 2. The average molecular weight is 492 g/mol. The van der Waals surface area contributed by atoms with Crippen molar-refractivity contribution in [2.75, 3.05) is 23.5 Å². The Kier molecular flexibility index (Phi) is 6.74. The van der Waals surface area contributed by atoms with Crippen molar-refractivity contribution in [3.05, 3.63) is 84.4 Å². The van der Waals surface area contributed by atoms with Crippen molar-refractivity contribution in [2.24, 2.45) is 0 Å². The zero-order valence-electron chi connectivity index (χ0n) is 19.2. The van der Waals surface area contributed by atoms with Gasteiger partial charge in [-0.1, -0.05) is 42.5 Å². The lowest BCUT2D eigenvalue weighted by molar-refractivity contribution is -0.116. The number of rotatable bonds is 8. The molecular weight excluding hydrogens is 466 g/mol. The van der Waals surface area contributed by atoms with Crippen LogP contribution in [0.1, 0.15) is 5.56 Å². The first kappa shape index (κ1) is 23.8. The Labute approximate surface area is 203 Å². The first-order valence-corrected chi connectivity index (χ1v) is 12.2. The van der Waals surface area contributed by atoms with Gasteiger partial charge >= 0.3 is 0 Å². The van der Waals surface area contributed by atoms with E-state index in [2.05, 4.69) is 15.7 Å². The van der Waals surface area contributed by atoms with Gasteiger partial charge in [0.1, 0.15) is 18.1 Å². The van der Waals surface area contributed by atoms with E-state index in [1.165, 1.54) is 23.9 Å². The van der Waals surface area contributed by atoms with E-state index in [0.717, 1.165) is 5.56 Å². The van der Waals surface area contributed by atoms with Gasteiger partial charge in [-0.25, -0.2) is 13.1 Å². The molecule has 0 aliphatic heterocycles. The molecule has 0 saturated heterocycles. The van der Waals surface area contributed by atoms with Crippen LogP contribution in [0.5, 0.6) is 5.75 Å². The molecule has 0 aliphatic rings. The molecule has 0 unspecified atom stereocenters. The number of nitrogens with two attached hydrogens (primary N) is 1. The van der Waals surface area contributed by atoms with Crippen LogP contribution in [0, 0.1) is 6.92 Å². The highest BCUT2D eigenvalue weighted by Gasteiger charge is 2.30. The highest BCUT2D eigenvalue weighted by atomic mass is 32.2. The second-order valence-corrected chi connectivity index (χ2v) is 9.67. The van der Waals surface area contributed by atoms with Crippen LogP contribution >= 0.6 is 0 Å². The minimum absolute atomic E-state index is 0.0264. The molecule has 4 N–H and O–H groups in total. The van der Waals surface area contributed by atoms with E-state index in [0.29, 0.717) is 17.1 Å². The molecule has 1 amide bonds. The normalized spacial score (nSPS) is 11.1. The molecule has 9 nitrogen and oxygen atoms in total. The lowest BCUT2D eigenvalue weighted by Crippen LogP contribution is -2.21. The predicted molar refractivity (Wildman–Crippen MR) is 135 cm³/mol. The number of methoxy groups -OCH3 is 1. The van der Waals surface area contributed by atoms with Gasteiger partial charge in [0.25, 0.3) is 0 Å². The monoisotopic (exact) mass is 491 g/mol. The average Bonchev–Trinajstić information content (AvgIpc) is 3.15. The van der Waals surface area contributed by atoms with E-state index in [1.807, 2.05) is 19.1 Å². The van der Waals surface area contributed by atoms with Crippen molar-refractivity contribution in [1.82, 2.24) is 9.78 Å². The number of hydrogen-bond donors (Lipinski definition) is 3. The van der Waals surface area contributed by atoms with Gasteiger partial charge in [-0.3, -0.25) is 4.79 Å². The van der Waals surface area contributed by atoms with Crippen LogP contribution in [-0.4, -0.2) is 31.2 Å².